The Labute approximate surface area is 154 Å². The summed E-state index contributed by atoms with van der Waals surface area (Å²) in [4.78, 5) is 16.5. The SMILES string of the molecule is CC(c1ccccc1)n1cncc1C(=O)OCc1ccc(I)cc1. The number of benzene rings is 2. The van der Waals surface area contributed by atoms with E-state index in [1.54, 1.807) is 12.5 Å². The first-order valence-electron chi connectivity index (χ1n) is 7.63. The summed E-state index contributed by atoms with van der Waals surface area (Å²) >= 11 is 2.24. The fraction of sp³-hybridized carbons (Fsp3) is 0.158. The quantitative estimate of drug-likeness (QED) is 0.442. The first kappa shape index (κ1) is 16.7. The van der Waals surface area contributed by atoms with E-state index in [4.69, 9.17) is 4.74 Å². The minimum atomic E-state index is -0.367. The molecule has 1 atom stereocenters. The highest BCUT2D eigenvalue weighted by molar-refractivity contribution is 14.1. The van der Waals surface area contributed by atoms with Crippen molar-refractivity contribution < 1.29 is 9.53 Å². The van der Waals surface area contributed by atoms with E-state index in [-0.39, 0.29) is 18.6 Å². The number of ether oxygens (including phenoxy) is 1. The zero-order valence-electron chi connectivity index (χ0n) is 13.2. The molecule has 0 aliphatic rings. The molecular weight excluding hydrogens is 415 g/mol. The number of carbonyl (C=O) groups excluding carboxylic acids is 1. The van der Waals surface area contributed by atoms with Crippen LogP contribution in [0.15, 0.2) is 67.1 Å². The molecule has 3 aromatic rings. The minimum absolute atomic E-state index is 0.00885. The monoisotopic (exact) mass is 432 g/mol. The summed E-state index contributed by atoms with van der Waals surface area (Å²) in [5, 5.41) is 0. The molecular formula is C19H17IN2O2. The first-order chi connectivity index (χ1) is 11.6. The van der Waals surface area contributed by atoms with Crippen molar-refractivity contribution in [2.75, 3.05) is 0 Å². The lowest BCUT2D eigenvalue weighted by molar-refractivity contribution is 0.0459. The second-order valence-corrected chi connectivity index (χ2v) is 6.72. The van der Waals surface area contributed by atoms with Gasteiger partial charge in [-0.15, -0.1) is 0 Å². The molecule has 0 aliphatic carbocycles. The molecule has 2 aromatic carbocycles. The van der Waals surface area contributed by atoms with Crippen LogP contribution in [0, 0.1) is 3.57 Å². The molecule has 0 spiro atoms. The number of imidazole rings is 1. The lowest BCUT2D eigenvalue weighted by Crippen LogP contribution is -2.15. The van der Waals surface area contributed by atoms with Crippen LogP contribution in [0.3, 0.4) is 0 Å². The van der Waals surface area contributed by atoms with Crippen molar-refractivity contribution in [2.45, 2.75) is 19.6 Å². The van der Waals surface area contributed by atoms with E-state index in [2.05, 4.69) is 27.6 Å². The van der Waals surface area contributed by atoms with Crippen molar-refractivity contribution in [1.82, 2.24) is 9.55 Å². The molecule has 0 bridgehead atoms. The maximum atomic E-state index is 12.4. The van der Waals surface area contributed by atoms with Gasteiger partial charge in [0.2, 0.25) is 0 Å². The van der Waals surface area contributed by atoms with Gasteiger partial charge in [-0.05, 0) is 52.8 Å². The molecule has 5 heteroatoms. The van der Waals surface area contributed by atoms with Crippen LogP contribution in [0.1, 0.15) is 34.6 Å². The number of hydrogen-bond acceptors (Lipinski definition) is 3. The van der Waals surface area contributed by atoms with Gasteiger partial charge in [0.25, 0.3) is 0 Å². The summed E-state index contributed by atoms with van der Waals surface area (Å²) < 4.78 is 8.43. The van der Waals surface area contributed by atoms with Gasteiger partial charge in [0.05, 0.1) is 18.6 Å². The summed E-state index contributed by atoms with van der Waals surface area (Å²) in [5.41, 5.74) is 2.53. The van der Waals surface area contributed by atoms with Gasteiger partial charge in [-0.25, -0.2) is 9.78 Å². The van der Waals surface area contributed by atoms with E-state index in [0.717, 1.165) is 14.7 Å². The van der Waals surface area contributed by atoms with E-state index in [9.17, 15) is 4.79 Å². The van der Waals surface area contributed by atoms with E-state index in [0.29, 0.717) is 5.69 Å². The van der Waals surface area contributed by atoms with Crippen molar-refractivity contribution in [1.29, 1.82) is 0 Å². The Morgan fingerprint density at radius 1 is 1.17 bits per heavy atom. The zero-order chi connectivity index (χ0) is 16.9. The Morgan fingerprint density at radius 2 is 1.88 bits per heavy atom. The topological polar surface area (TPSA) is 44.1 Å². The molecule has 0 saturated heterocycles. The Bertz CT molecular complexity index is 813. The van der Waals surface area contributed by atoms with Crippen LogP contribution >= 0.6 is 22.6 Å². The average molecular weight is 432 g/mol. The van der Waals surface area contributed by atoms with Crippen LogP contribution in [-0.4, -0.2) is 15.5 Å². The van der Waals surface area contributed by atoms with Crippen molar-refractivity contribution in [3.8, 4) is 0 Å². The Balaban J connectivity index is 1.72. The molecule has 0 radical (unpaired) electrons. The third kappa shape index (κ3) is 3.84. The standard InChI is InChI=1S/C19H17IN2O2/c1-14(16-5-3-2-4-6-16)22-13-21-11-18(22)19(23)24-12-15-7-9-17(20)10-8-15/h2-11,13-14H,12H2,1H3. The van der Waals surface area contributed by atoms with Gasteiger partial charge in [0.1, 0.15) is 12.3 Å². The molecule has 1 heterocycles. The smallest absolute Gasteiger partial charge is 0.356 e. The normalized spacial score (nSPS) is 11.9. The lowest BCUT2D eigenvalue weighted by Gasteiger charge is -2.16. The fourth-order valence-corrected chi connectivity index (χ4v) is 2.83. The third-order valence-electron chi connectivity index (χ3n) is 3.86. The van der Waals surface area contributed by atoms with Crippen LogP contribution in [-0.2, 0) is 11.3 Å². The maximum Gasteiger partial charge on any atom is 0.356 e. The number of halogens is 1. The van der Waals surface area contributed by atoms with Crippen molar-refractivity contribution in [3.05, 3.63) is 87.5 Å². The summed E-state index contributed by atoms with van der Waals surface area (Å²) in [5.74, 6) is -0.367. The molecule has 0 fully saturated rings. The van der Waals surface area contributed by atoms with E-state index >= 15 is 0 Å². The number of nitrogens with zero attached hydrogens (tertiary/aromatic N) is 2. The van der Waals surface area contributed by atoms with E-state index in [1.165, 1.54) is 0 Å². The van der Waals surface area contributed by atoms with Gasteiger partial charge in [-0.3, -0.25) is 0 Å². The molecule has 1 unspecified atom stereocenters. The summed E-state index contributed by atoms with van der Waals surface area (Å²) in [6.07, 6.45) is 3.22. The van der Waals surface area contributed by atoms with Gasteiger partial charge < -0.3 is 9.30 Å². The molecule has 0 amide bonds. The summed E-state index contributed by atoms with van der Waals surface area (Å²) in [6, 6.07) is 17.9. The molecule has 4 nitrogen and oxygen atoms in total. The molecule has 0 aliphatic heterocycles. The average Bonchev–Trinajstić information content (AvgIpc) is 3.11. The maximum absolute atomic E-state index is 12.4. The molecule has 3 rings (SSSR count). The predicted octanol–water partition coefficient (Wildman–Crippen LogP) is 4.45. The second kappa shape index (κ2) is 7.61. The molecule has 122 valence electrons. The van der Waals surface area contributed by atoms with Crippen molar-refractivity contribution in [3.63, 3.8) is 0 Å². The van der Waals surface area contributed by atoms with Crippen LogP contribution < -0.4 is 0 Å². The number of hydrogen-bond donors (Lipinski definition) is 0. The second-order valence-electron chi connectivity index (χ2n) is 5.48. The van der Waals surface area contributed by atoms with Gasteiger partial charge in [0.15, 0.2) is 0 Å². The minimum Gasteiger partial charge on any atom is -0.456 e. The fourth-order valence-electron chi connectivity index (χ4n) is 2.47. The van der Waals surface area contributed by atoms with Crippen LogP contribution in [0.2, 0.25) is 0 Å². The third-order valence-corrected chi connectivity index (χ3v) is 4.58. The molecule has 0 saturated carbocycles. The van der Waals surface area contributed by atoms with Gasteiger partial charge >= 0.3 is 5.97 Å². The number of carbonyl (C=O) groups is 1. The van der Waals surface area contributed by atoms with Crippen LogP contribution in [0.4, 0.5) is 0 Å². The van der Waals surface area contributed by atoms with Crippen molar-refractivity contribution in [2.24, 2.45) is 0 Å². The largest absolute Gasteiger partial charge is 0.456 e. The molecule has 1 aromatic heterocycles. The highest BCUT2D eigenvalue weighted by Gasteiger charge is 2.18. The predicted molar refractivity (Wildman–Crippen MR) is 101 cm³/mol. The number of aromatic nitrogens is 2. The highest BCUT2D eigenvalue weighted by Crippen LogP contribution is 2.20. The molecule has 24 heavy (non-hydrogen) atoms. The Morgan fingerprint density at radius 3 is 2.58 bits per heavy atom. The Hall–Kier alpha value is -2.15. The van der Waals surface area contributed by atoms with Gasteiger partial charge in [-0.1, -0.05) is 42.5 Å². The van der Waals surface area contributed by atoms with Crippen LogP contribution in [0.5, 0.6) is 0 Å². The lowest BCUT2D eigenvalue weighted by atomic mass is 10.1. The van der Waals surface area contributed by atoms with Gasteiger partial charge in [0, 0.05) is 3.57 Å². The van der Waals surface area contributed by atoms with E-state index in [1.807, 2.05) is 66.1 Å². The zero-order valence-corrected chi connectivity index (χ0v) is 15.4. The first-order valence-corrected chi connectivity index (χ1v) is 8.71. The molecule has 0 N–H and O–H groups in total. The summed E-state index contributed by atoms with van der Waals surface area (Å²) in [7, 11) is 0. The van der Waals surface area contributed by atoms with Crippen molar-refractivity contribution >= 4 is 28.6 Å². The van der Waals surface area contributed by atoms with E-state index < -0.39 is 0 Å². The van der Waals surface area contributed by atoms with Gasteiger partial charge in [-0.2, -0.15) is 0 Å². The number of rotatable bonds is 5. The Kier molecular flexibility index (Phi) is 5.30. The number of esters is 1. The van der Waals surface area contributed by atoms with Crippen LogP contribution in [0.25, 0.3) is 0 Å². The highest BCUT2D eigenvalue weighted by atomic mass is 127. The summed E-state index contributed by atoms with van der Waals surface area (Å²) in [6.45, 7) is 2.29.